The van der Waals surface area contributed by atoms with E-state index in [1.807, 2.05) is 25.9 Å². The van der Waals surface area contributed by atoms with Crippen LogP contribution in [-0.2, 0) is 14.3 Å². The monoisotopic (exact) mass is 202 g/mol. The highest BCUT2D eigenvalue weighted by Gasteiger charge is 2.15. The second kappa shape index (κ2) is 6.37. The van der Waals surface area contributed by atoms with Crippen molar-refractivity contribution < 1.29 is 14.3 Å². The van der Waals surface area contributed by atoms with Crippen molar-refractivity contribution in [3.8, 4) is 0 Å². The summed E-state index contributed by atoms with van der Waals surface area (Å²) >= 11 is 0. The number of nitrogens with one attached hydrogen (secondary N) is 1. The molecule has 0 aliphatic carbocycles. The summed E-state index contributed by atoms with van der Waals surface area (Å²) in [5, 5.41) is 2.49. The summed E-state index contributed by atoms with van der Waals surface area (Å²) in [6.45, 7) is 4.26. The predicted molar refractivity (Wildman–Crippen MR) is 52.8 cm³/mol. The summed E-state index contributed by atoms with van der Waals surface area (Å²) in [4.78, 5) is 23.9. The Hall–Kier alpha value is -1.10. The van der Waals surface area contributed by atoms with Gasteiger partial charge in [0.15, 0.2) is 0 Å². The molecule has 0 aliphatic rings. The molecule has 1 unspecified atom stereocenters. The Morgan fingerprint density at radius 1 is 1.43 bits per heavy atom. The van der Waals surface area contributed by atoms with Gasteiger partial charge in [-0.1, -0.05) is 0 Å². The summed E-state index contributed by atoms with van der Waals surface area (Å²) in [6.07, 6.45) is 0. The summed E-state index contributed by atoms with van der Waals surface area (Å²) in [6, 6.07) is 0.188. The van der Waals surface area contributed by atoms with E-state index >= 15 is 0 Å². The second-order valence-corrected chi connectivity index (χ2v) is 3.24. The van der Waals surface area contributed by atoms with Gasteiger partial charge in [-0.3, -0.25) is 4.79 Å². The van der Waals surface area contributed by atoms with Crippen molar-refractivity contribution in [2.24, 2.45) is 0 Å². The van der Waals surface area contributed by atoms with Gasteiger partial charge in [0.05, 0.1) is 6.61 Å². The molecule has 0 heterocycles. The summed E-state index contributed by atoms with van der Waals surface area (Å²) in [5.41, 5.74) is 0. The van der Waals surface area contributed by atoms with Crippen LogP contribution in [-0.4, -0.2) is 50.1 Å². The fraction of sp³-hybridized carbons (Fsp3) is 0.778. The van der Waals surface area contributed by atoms with Gasteiger partial charge in [0, 0.05) is 12.6 Å². The van der Waals surface area contributed by atoms with Crippen LogP contribution in [0.2, 0.25) is 0 Å². The highest BCUT2D eigenvalue weighted by molar-refractivity contribution is 6.32. The van der Waals surface area contributed by atoms with Crippen molar-refractivity contribution in [1.29, 1.82) is 0 Å². The molecule has 1 amide bonds. The van der Waals surface area contributed by atoms with E-state index in [-0.39, 0.29) is 12.6 Å². The van der Waals surface area contributed by atoms with E-state index in [1.54, 1.807) is 6.92 Å². The Morgan fingerprint density at radius 3 is 2.43 bits per heavy atom. The van der Waals surface area contributed by atoms with Crippen molar-refractivity contribution in [1.82, 2.24) is 10.2 Å². The highest BCUT2D eigenvalue weighted by Crippen LogP contribution is 1.88. The zero-order valence-electron chi connectivity index (χ0n) is 9.16. The van der Waals surface area contributed by atoms with Crippen LogP contribution in [0, 0.1) is 0 Å². The molecule has 0 rings (SSSR count). The van der Waals surface area contributed by atoms with Crippen LogP contribution in [0.25, 0.3) is 0 Å². The lowest BCUT2D eigenvalue weighted by Gasteiger charge is -2.19. The molecule has 0 aromatic rings. The molecule has 5 heteroatoms. The van der Waals surface area contributed by atoms with Gasteiger partial charge in [0.1, 0.15) is 0 Å². The minimum atomic E-state index is -0.821. The smallest absolute Gasteiger partial charge is 0.396 e. The summed E-state index contributed by atoms with van der Waals surface area (Å²) in [7, 11) is 3.81. The van der Waals surface area contributed by atoms with Gasteiger partial charge in [-0.15, -0.1) is 0 Å². The Morgan fingerprint density at radius 2 is 2.00 bits per heavy atom. The number of carbonyl (C=O) groups excluding carboxylic acids is 2. The molecule has 0 spiro atoms. The molecule has 0 fully saturated rings. The van der Waals surface area contributed by atoms with E-state index in [0.29, 0.717) is 6.54 Å². The van der Waals surface area contributed by atoms with Gasteiger partial charge < -0.3 is 15.0 Å². The standard InChI is InChI=1S/C9H18N2O3/c1-5-14-9(13)8(12)10-6-7(2)11(3)4/h7H,5-6H2,1-4H3,(H,10,12). The van der Waals surface area contributed by atoms with E-state index < -0.39 is 11.9 Å². The molecule has 0 aromatic carbocycles. The minimum Gasteiger partial charge on any atom is -0.459 e. The number of amides is 1. The first-order chi connectivity index (χ1) is 6.49. The number of carbonyl (C=O) groups is 2. The van der Waals surface area contributed by atoms with E-state index in [0.717, 1.165) is 0 Å². The number of hydrogen-bond donors (Lipinski definition) is 1. The van der Waals surface area contributed by atoms with Crippen molar-refractivity contribution >= 4 is 11.9 Å². The SMILES string of the molecule is CCOC(=O)C(=O)NCC(C)N(C)C. The Labute approximate surface area is 84.4 Å². The van der Waals surface area contributed by atoms with Gasteiger partial charge in [-0.05, 0) is 27.9 Å². The molecule has 14 heavy (non-hydrogen) atoms. The van der Waals surface area contributed by atoms with Crippen LogP contribution in [0.4, 0.5) is 0 Å². The maximum Gasteiger partial charge on any atom is 0.396 e. The van der Waals surface area contributed by atoms with Crippen LogP contribution in [0.3, 0.4) is 0 Å². The van der Waals surface area contributed by atoms with Crippen LogP contribution >= 0.6 is 0 Å². The fourth-order valence-corrected chi connectivity index (χ4v) is 0.692. The molecule has 0 bridgehead atoms. The molecule has 0 saturated carbocycles. The van der Waals surface area contributed by atoms with Crippen LogP contribution in [0.5, 0.6) is 0 Å². The zero-order valence-corrected chi connectivity index (χ0v) is 9.16. The van der Waals surface area contributed by atoms with Crippen LogP contribution < -0.4 is 5.32 Å². The number of likely N-dealkylation sites (N-methyl/N-ethyl adjacent to an activating group) is 1. The third-order valence-corrected chi connectivity index (χ3v) is 1.90. The molecule has 5 nitrogen and oxygen atoms in total. The van der Waals surface area contributed by atoms with E-state index in [9.17, 15) is 9.59 Å². The Balaban J connectivity index is 3.79. The van der Waals surface area contributed by atoms with Gasteiger partial charge in [-0.25, -0.2) is 4.79 Å². The van der Waals surface area contributed by atoms with Gasteiger partial charge in [0.2, 0.25) is 0 Å². The number of nitrogens with zero attached hydrogens (tertiary/aromatic N) is 1. The molecule has 0 aliphatic heterocycles. The maximum atomic E-state index is 11.1. The number of esters is 1. The third-order valence-electron chi connectivity index (χ3n) is 1.90. The molecule has 0 aromatic heterocycles. The van der Waals surface area contributed by atoms with Crippen molar-refractivity contribution in [3.63, 3.8) is 0 Å². The molecular formula is C9H18N2O3. The van der Waals surface area contributed by atoms with Crippen molar-refractivity contribution in [3.05, 3.63) is 0 Å². The lowest BCUT2D eigenvalue weighted by atomic mass is 10.3. The molecular weight excluding hydrogens is 184 g/mol. The van der Waals surface area contributed by atoms with Gasteiger partial charge >= 0.3 is 11.9 Å². The fourth-order valence-electron chi connectivity index (χ4n) is 0.692. The molecule has 0 saturated heterocycles. The second-order valence-electron chi connectivity index (χ2n) is 3.24. The lowest BCUT2D eigenvalue weighted by Crippen LogP contribution is -2.41. The molecule has 1 N–H and O–H groups in total. The topological polar surface area (TPSA) is 58.6 Å². The average Bonchev–Trinajstić information content (AvgIpc) is 2.13. The predicted octanol–water partition coefficient (Wildman–Crippen LogP) is -0.384. The zero-order chi connectivity index (χ0) is 11.1. The number of rotatable bonds is 4. The number of hydrogen-bond acceptors (Lipinski definition) is 4. The Bertz CT molecular complexity index is 204. The first-order valence-corrected chi connectivity index (χ1v) is 4.60. The minimum absolute atomic E-state index is 0.188. The number of ether oxygens (including phenoxy) is 1. The quantitative estimate of drug-likeness (QED) is 0.498. The molecule has 1 atom stereocenters. The van der Waals surface area contributed by atoms with Gasteiger partial charge in [0.25, 0.3) is 0 Å². The molecule has 82 valence electrons. The first kappa shape index (κ1) is 12.9. The van der Waals surface area contributed by atoms with Crippen molar-refractivity contribution in [2.75, 3.05) is 27.2 Å². The van der Waals surface area contributed by atoms with E-state index in [4.69, 9.17) is 0 Å². The third kappa shape index (κ3) is 4.81. The van der Waals surface area contributed by atoms with E-state index in [1.165, 1.54) is 0 Å². The maximum absolute atomic E-state index is 11.1. The van der Waals surface area contributed by atoms with Gasteiger partial charge in [-0.2, -0.15) is 0 Å². The van der Waals surface area contributed by atoms with Crippen LogP contribution in [0.1, 0.15) is 13.8 Å². The average molecular weight is 202 g/mol. The highest BCUT2D eigenvalue weighted by atomic mass is 16.5. The largest absolute Gasteiger partial charge is 0.459 e. The summed E-state index contributed by atoms with van der Waals surface area (Å²) < 4.78 is 4.53. The Kier molecular flexibility index (Phi) is 5.87. The lowest BCUT2D eigenvalue weighted by molar-refractivity contribution is -0.154. The summed E-state index contributed by atoms with van der Waals surface area (Å²) in [5.74, 6) is -1.50. The molecule has 0 radical (unpaired) electrons. The van der Waals surface area contributed by atoms with Crippen LogP contribution in [0.15, 0.2) is 0 Å². The van der Waals surface area contributed by atoms with Crippen molar-refractivity contribution in [2.45, 2.75) is 19.9 Å². The normalized spacial score (nSPS) is 12.4. The van der Waals surface area contributed by atoms with E-state index in [2.05, 4.69) is 10.1 Å². The first-order valence-electron chi connectivity index (χ1n) is 4.60.